The van der Waals surface area contributed by atoms with Crippen molar-refractivity contribution in [3.05, 3.63) is 12.2 Å². The highest BCUT2D eigenvalue weighted by molar-refractivity contribution is 4.95. The maximum atomic E-state index is 2.40. The van der Waals surface area contributed by atoms with Crippen molar-refractivity contribution in [3.63, 3.8) is 0 Å². The molecule has 0 aliphatic heterocycles. The first-order valence-corrected chi connectivity index (χ1v) is 22.3. The largest absolute Gasteiger partial charge is 0.0880 e. The molecule has 0 aromatic heterocycles. The molecule has 0 heteroatoms. The van der Waals surface area contributed by atoms with Crippen LogP contribution in [0.5, 0.6) is 0 Å². The van der Waals surface area contributed by atoms with Gasteiger partial charge in [0.1, 0.15) is 0 Å². The summed E-state index contributed by atoms with van der Waals surface area (Å²) in [7, 11) is 0. The van der Waals surface area contributed by atoms with E-state index in [1.165, 1.54) is 161 Å². The topological polar surface area (TPSA) is 0 Å². The van der Waals surface area contributed by atoms with Crippen molar-refractivity contribution in [2.75, 3.05) is 0 Å². The van der Waals surface area contributed by atoms with Crippen molar-refractivity contribution in [2.45, 2.75) is 251 Å². The van der Waals surface area contributed by atoms with Gasteiger partial charge in [-0.05, 0) is 67.1 Å². The first-order chi connectivity index (χ1) is 22.7. The van der Waals surface area contributed by atoms with Crippen molar-refractivity contribution in [2.24, 2.45) is 41.4 Å². The second-order valence-corrected chi connectivity index (χ2v) is 16.2. The normalized spacial score (nSPS) is 24.8. The maximum absolute atomic E-state index is 2.40. The van der Waals surface area contributed by atoms with Gasteiger partial charge >= 0.3 is 0 Å². The third kappa shape index (κ3) is 36.8. The molecule has 0 aromatic rings. The van der Waals surface area contributed by atoms with E-state index in [9.17, 15) is 0 Å². The smallest absolute Gasteiger partial charge is 0.0233 e. The number of allylic oxidation sites excluding steroid dienone is 2. The Balaban J connectivity index is -0.000000504. The van der Waals surface area contributed by atoms with Gasteiger partial charge in [0.05, 0.1) is 0 Å². The summed E-state index contributed by atoms with van der Waals surface area (Å²) in [6.07, 6.45) is 40.2. The molecule has 47 heavy (non-hydrogen) atoms. The second kappa shape index (κ2) is 40.2. The first-order valence-electron chi connectivity index (χ1n) is 22.3. The van der Waals surface area contributed by atoms with Crippen LogP contribution in [0.2, 0.25) is 0 Å². The van der Waals surface area contributed by atoms with Gasteiger partial charge < -0.3 is 0 Å². The zero-order chi connectivity index (χ0) is 36.1. The van der Waals surface area contributed by atoms with E-state index < -0.39 is 0 Å². The Morgan fingerprint density at radius 3 is 1.30 bits per heavy atom. The van der Waals surface area contributed by atoms with Crippen molar-refractivity contribution >= 4 is 0 Å². The van der Waals surface area contributed by atoms with Gasteiger partial charge in [-0.2, -0.15) is 0 Å². The minimum atomic E-state index is 0.888. The molecule has 4 atom stereocenters. The van der Waals surface area contributed by atoms with Crippen LogP contribution in [0.15, 0.2) is 12.2 Å². The molecule has 3 rings (SSSR count). The molecule has 2 fully saturated rings. The van der Waals surface area contributed by atoms with Gasteiger partial charge in [0, 0.05) is 0 Å². The highest BCUT2D eigenvalue weighted by Gasteiger charge is 2.19. The standard InChI is InChI=1S/C10H20.C10H18.C9H18.C7H16.C6H14.C5H12/c2*1-3-9-6-5-7-10(4-2)8-9;1-3-9-6-4-8(2)5-7-9;1-4-5-6-7(2)3;1-3-5-6-4-2;1-3-5-4-2/h9-10H,3-8H2,1-2H3;5-6,9-10H,3-4,7-8H2,1-2H3;8-9H,3-7H2,1-2H3;7H,4-6H2,1-3H3;3-6H2,1-2H3;3-5H2,1-2H3. The van der Waals surface area contributed by atoms with Gasteiger partial charge in [-0.15, -0.1) is 0 Å². The fourth-order valence-electron chi connectivity index (χ4n) is 7.05. The molecule has 3 aliphatic rings. The third-order valence-electron chi connectivity index (χ3n) is 11.2. The Morgan fingerprint density at radius 2 is 0.957 bits per heavy atom. The molecule has 2 saturated carbocycles. The summed E-state index contributed by atoms with van der Waals surface area (Å²) >= 11 is 0. The number of hydrogen-bond acceptors (Lipinski definition) is 0. The highest BCUT2D eigenvalue weighted by atomic mass is 14.2. The van der Waals surface area contributed by atoms with Crippen LogP contribution in [0.1, 0.15) is 251 Å². The van der Waals surface area contributed by atoms with Crippen molar-refractivity contribution in [1.82, 2.24) is 0 Å². The number of hydrogen-bond donors (Lipinski definition) is 0. The molecule has 286 valence electrons. The van der Waals surface area contributed by atoms with Gasteiger partial charge in [-0.1, -0.05) is 237 Å². The van der Waals surface area contributed by atoms with E-state index in [0.717, 1.165) is 41.4 Å². The molecule has 0 nitrogen and oxygen atoms in total. The summed E-state index contributed by atoms with van der Waals surface area (Å²) in [5, 5.41) is 0. The van der Waals surface area contributed by atoms with Crippen LogP contribution in [-0.2, 0) is 0 Å². The van der Waals surface area contributed by atoms with E-state index in [2.05, 4.69) is 102 Å². The fourth-order valence-corrected chi connectivity index (χ4v) is 7.05. The van der Waals surface area contributed by atoms with E-state index in [1.54, 1.807) is 0 Å². The minimum Gasteiger partial charge on any atom is -0.0880 e. The summed E-state index contributed by atoms with van der Waals surface area (Å²) in [4.78, 5) is 0. The van der Waals surface area contributed by atoms with Crippen molar-refractivity contribution in [1.29, 1.82) is 0 Å². The van der Waals surface area contributed by atoms with E-state index in [-0.39, 0.29) is 0 Å². The predicted octanol–water partition coefficient (Wildman–Crippen LogP) is 17.8. The highest BCUT2D eigenvalue weighted by Crippen LogP contribution is 2.32. The summed E-state index contributed by atoms with van der Waals surface area (Å²) in [5.74, 6) is 7.00. The summed E-state index contributed by atoms with van der Waals surface area (Å²) in [6, 6.07) is 0. The molecule has 0 saturated heterocycles. The Morgan fingerprint density at radius 1 is 0.489 bits per heavy atom. The van der Waals surface area contributed by atoms with E-state index in [0.29, 0.717) is 0 Å². The molecule has 4 unspecified atom stereocenters. The quantitative estimate of drug-likeness (QED) is 0.136. The van der Waals surface area contributed by atoms with Gasteiger partial charge in [0.15, 0.2) is 0 Å². The van der Waals surface area contributed by atoms with E-state index >= 15 is 0 Å². The molecule has 0 spiro atoms. The van der Waals surface area contributed by atoms with E-state index in [4.69, 9.17) is 0 Å². The molecular formula is C47H98. The van der Waals surface area contributed by atoms with Gasteiger partial charge in [0.2, 0.25) is 0 Å². The summed E-state index contributed by atoms with van der Waals surface area (Å²) in [5.41, 5.74) is 0. The third-order valence-corrected chi connectivity index (χ3v) is 11.2. The fraction of sp³-hybridized carbons (Fsp3) is 0.957. The molecule has 0 heterocycles. The number of unbranched alkanes of at least 4 members (excludes halogenated alkanes) is 6. The van der Waals surface area contributed by atoms with Crippen LogP contribution in [0.4, 0.5) is 0 Å². The molecule has 0 N–H and O–H groups in total. The molecule has 0 radical (unpaired) electrons. The Kier molecular flexibility index (Phi) is 43.7. The van der Waals surface area contributed by atoms with Crippen LogP contribution in [-0.4, -0.2) is 0 Å². The predicted molar refractivity (Wildman–Crippen MR) is 223 cm³/mol. The lowest BCUT2D eigenvalue weighted by molar-refractivity contribution is 0.255. The van der Waals surface area contributed by atoms with Crippen molar-refractivity contribution < 1.29 is 0 Å². The molecule has 0 bridgehead atoms. The zero-order valence-corrected chi connectivity index (χ0v) is 35.9. The second-order valence-electron chi connectivity index (χ2n) is 16.2. The van der Waals surface area contributed by atoms with Crippen LogP contribution in [0.3, 0.4) is 0 Å². The van der Waals surface area contributed by atoms with Gasteiger partial charge in [-0.25, -0.2) is 0 Å². The van der Waals surface area contributed by atoms with Crippen molar-refractivity contribution in [3.8, 4) is 0 Å². The number of rotatable bonds is 13. The Bertz CT molecular complexity index is 549. The lowest BCUT2D eigenvalue weighted by Gasteiger charge is -2.27. The molecule has 0 amide bonds. The van der Waals surface area contributed by atoms with E-state index in [1.807, 2.05) is 0 Å². The zero-order valence-electron chi connectivity index (χ0n) is 35.9. The Hall–Kier alpha value is -0.260. The average Bonchev–Trinajstić information content (AvgIpc) is 3.11. The van der Waals surface area contributed by atoms with Gasteiger partial charge in [0.25, 0.3) is 0 Å². The molecule has 0 aromatic carbocycles. The monoisotopic (exact) mass is 663 g/mol. The first kappa shape index (κ1) is 51.1. The van der Waals surface area contributed by atoms with Gasteiger partial charge in [-0.3, -0.25) is 0 Å². The van der Waals surface area contributed by atoms with Crippen LogP contribution < -0.4 is 0 Å². The molecular weight excluding hydrogens is 565 g/mol. The lowest BCUT2D eigenvalue weighted by Crippen LogP contribution is -2.13. The van der Waals surface area contributed by atoms with Crippen LogP contribution in [0.25, 0.3) is 0 Å². The van der Waals surface area contributed by atoms with Crippen LogP contribution in [0, 0.1) is 41.4 Å². The molecule has 3 aliphatic carbocycles. The lowest BCUT2D eigenvalue weighted by atomic mass is 9.79. The maximum Gasteiger partial charge on any atom is -0.0233 e. The average molecular weight is 663 g/mol. The van der Waals surface area contributed by atoms with Crippen LogP contribution >= 0.6 is 0 Å². The minimum absolute atomic E-state index is 0.888. The summed E-state index contributed by atoms with van der Waals surface area (Å²) < 4.78 is 0. The summed E-state index contributed by atoms with van der Waals surface area (Å²) in [6.45, 7) is 29.6. The Labute approximate surface area is 303 Å². The SMILES string of the molecule is CCC1C=CCC(CC)C1.CCC1CCC(C)CC1.CCC1CCCC(CC)C1.CCCCC.CCCCC(C)C.CCCCCC.